The number of hydrogen-bond donors (Lipinski definition) is 1. The average molecular weight is 225 g/mol. The Morgan fingerprint density at radius 3 is 2.47 bits per heavy atom. The highest BCUT2D eigenvalue weighted by molar-refractivity contribution is 5.73. The molecular weight excluding hydrogens is 211 g/mol. The summed E-state index contributed by atoms with van der Waals surface area (Å²) < 4.78 is 42.1. The Morgan fingerprint density at radius 2 is 2.00 bits per heavy atom. The zero-order valence-electron chi connectivity index (χ0n) is 8.38. The minimum atomic E-state index is -4.35. The Labute approximate surface area is 85.8 Å². The van der Waals surface area contributed by atoms with Gasteiger partial charge in [0.05, 0.1) is 18.9 Å². The molecule has 0 radical (unpaired) electrons. The number of alkyl halides is 3. The fourth-order valence-electron chi connectivity index (χ4n) is 2.01. The number of rotatable bonds is 1. The molecule has 0 spiro atoms. The largest absolute Gasteiger partial charge is 0.469 e. The highest BCUT2D eigenvalue weighted by atomic mass is 19.4. The van der Waals surface area contributed by atoms with Crippen LogP contribution < -0.4 is 5.73 Å². The molecule has 1 saturated carbocycles. The van der Waals surface area contributed by atoms with E-state index >= 15 is 0 Å². The zero-order chi connectivity index (χ0) is 11.6. The van der Waals surface area contributed by atoms with Gasteiger partial charge in [-0.2, -0.15) is 13.2 Å². The molecule has 6 heteroatoms. The van der Waals surface area contributed by atoms with Gasteiger partial charge in [-0.05, 0) is 19.3 Å². The SMILES string of the molecule is COC(=O)C1CC(N)CCC1C(F)(F)F. The molecule has 0 aromatic heterocycles. The molecule has 15 heavy (non-hydrogen) atoms. The molecule has 88 valence electrons. The number of halogens is 3. The van der Waals surface area contributed by atoms with Crippen molar-refractivity contribution in [3.05, 3.63) is 0 Å². The Bertz CT molecular complexity index is 242. The highest BCUT2D eigenvalue weighted by Crippen LogP contribution is 2.41. The third kappa shape index (κ3) is 2.84. The van der Waals surface area contributed by atoms with E-state index in [1.54, 1.807) is 0 Å². The minimum absolute atomic E-state index is 0.0524. The van der Waals surface area contributed by atoms with Crippen molar-refractivity contribution in [2.24, 2.45) is 17.6 Å². The summed E-state index contributed by atoms with van der Waals surface area (Å²) in [5.41, 5.74) is 5.55. The topological polar surface area (TPSA) is 52.3 Å². The minimum Gasteiger partial charge on any atom is -0.469 e. The summed E-state index contributed by atoms with van der Waals surface area (Å²) in [6.07, 6.45) is -4.09. The molecule has 0 aliphatic heterocycles. The first-order valence-electron chi connectivity index (χ1n) is 4.76. The van der Waals surface area contributed by atoms with E-state index in [0.717, 1.165) is 7.11 Å². The molecule has 3 nitrogen and oxygen atoms in total. The molecule has 0 aromatic rings. The van der Waals surface area contributed by atoms with Gasteiger partial charge < -0.3 is 10.5 Å². The Balaban J connectivity index is 2.80. The smallest absolute Gasteiger partial charge is 0.392 e. The Kier molecular flexibility index (Phi) is 3.59. The molecule has 0 saturated heterocycles. The molecule has 0 heterocycles. The van der Waals surface area contributed by atoms with Gasteiger partial charge in [0.2, 0.25) is 0 Å². The van der Waals surface area contributed by atoms with Crippen molar-refractivity contribution in [2.45, 2.75) is 31.5 Å². The van der Waals surface area contributed by atoms with Crippen LogP contribution in [0.2, 0.25) is 0 Å². The van der Waals surface area contributed by atoms with E-state index in [1.807, 2.05) is 0 Å². The Hall–Kier alpha value is -0.780. The summed E-state index contributed by atoms with van der Waals surface area (Å²) in [4.78, 5) is 11.2. The first-order valence-corrected chi connectivity index (χ1v) is 4.76. The summed E-state index contributed by atoms with van der Waals surface area (Å²) >= 11 is 0. The number of esters is 1. The van der Waals surface area contributed by atoms with Gasteiger partial charge in [-0.15, -0.1) is 0 Å². The van der Waals surface area contributed by atoms with E-state index in [1.165, 1.54) is 0 Å². The molecule has 1 fully saturated rings. The third-order valence-corrected chi connectivity index (χ3v) is 2.82. The van der Waals surface area contributed by atoms with Gasteiger partial charge in [0.1, 0.15) is 0 Å². The number of nitrogens with two attached hydrogens (primary N) is 1. The van der Waals surface area contributed by atoms with Crippen LogP contribution in [0.1, 0.15) is 19.3 Å². The van der Waals surface area contributed by atoms with Gasteiger partial charge in [-0.1, -0.05) is 0 Å². The Morgan fingerprint density at radius 1 is 1.40 bits per heavy atom. The maximum atomic E-state index is 12.6. The maximum absolute atomic E-state index is 12.6. The van der Waals surface area contributed by atoms with E-state index in [-0.39, 0.29) is 18.9 Å². The lowest BCUT2D eigenvalue weighted by Crippen LogP contribution is -2.43. The van der Waals surface area contributed by atoms with Crippen LogP contribution in [-0.4, -0.2) is 25.3 Å². The van der Waals surface area contributed by atoms with E-state index in [4.69, 9.17) is 5.73 Å². The maximum Gasteiger partial charge on any atom is 0.392 e. The lowest BCUT2D eigenvalue weighted by Gasteiger charge is -2.33. The monoisotopic (exact) mass is 225 g/mol. The lowest BCUT2D eigenvalue weighted by molar-refractivity contribution is -0.204. The van der Waals surface area contributed by atoms with Crippen molar-refractivity contribution in [3.63, 3.8) is 0 Å². The quantitative estimate of drug-likeness (QED) is 0.687. The van der Waals surface area contributed by atoms with Crippen LogP contribution in [0.15, 0.2) is 0 Å². The van der Waals surface area contributed by atoms with Crippen LogP contribution in [0.5, 0.6) is 0 Å². The summed E-state index contributed by atoms with van der Waals surface area (Å²) in [7, 11) is 1.09. The van der Waals surface area contributed by atoms with Gasteiger partial charge in [-0.25, -0.2) is 0 Å². The van der Waals surface area contributed by atoms with Crippen LogP contribution in [0.3, 0.4) is 0 Å². The molecule has 1 aliphatic rings. The molecule has 2 N–H and O–H groups in total. The van der Waals surface area contributed by atoms with E-state index in [2.05, 4.69) is 4.74 Å². The van der Waals surface area contributed by atoms with Crippen LogP contribution in [-0.2, 0) is 9.53 Å². The van der Waals surface area contributed by atoms with Crippen molar-refractivity contribution in [1.29, 1.82) is 0 Å². The number of hydrogen-bond acceptors (Lipinski definition) is 3. The molecular formula is C9H14F3NO2. The molecule has 3 unspecified atom stereocenters. The second-order valence-electron chi connectivity index (χ2n) is 3.85. The van der Waals surface area contributed by atoms with Crippen LogP contribution in [0, 0.1) is 11.8 Å². The van der Waals surface area contributed by atoms with E-state index in [0.29, 0.717) is 6.42 Å². The van der Waals surface area contributed by atoms with Crippen LogP contribution >= 0.6 is 0 Å². The molecule has 3 atom stereocenters. The van der Waals surface area contributed by atoms with Crippen molar-refractivity contribution in [2.75, 3.05) is 7.11 Å². The number of ether oxygens (including phenoxy) is 1. The zero-order valence-corrected chi connectivity index (χ0v) is 8.38. The number of carbonyl (C=O) groups is 1. The van der Waals surface area contributed by atoms with Gasteiger partial charge in [0.25, 0.3) is 0 Å². The molecule has 0 amide bonds. The molecule has 0 aromatic carbocycles. The van der Waals surface area contributed by atoms with E-state index < -0.39 is 24.0 Å². The van der Waals surface area contributed by atoms with Gasteiger partial charge >= 0.3 is 12.1 Å². The second-order valence-corrected chi connectivity index (χ2v) is 3.85. The summed E-state index contributed by atoms with van der Waals surface area (Å²) in [6.45, 7) is 0. The van der Waals surface area contributed by atoms with Crippen molar-refractivity contribution in [1.82, 2.24) is 0 Å². The molecule has 1 aliphatic carbocycles. The first kappa shape index (κ1) is 12.3. The molecule has 1 rings (SSSR count). The second kappa shape index (κ2) is 4.38. The van der Waals surface area contributed by atoms with E-state index in [9.17, 15) is 18.0 Å². The predicted molar refractivity (Wildman–Crippen MR) is 46.9 cm³/mol. The van der Waals surface area contributed by atoms with Gasteiger partial charge in [0.15, 0.2) is 0 Å². The standard InChI is InChI=1S/C9H14F3NO2/c1-15-8(14)6-4-5(13)2-3-7(6)9(10,11)12/h5-7H,2-4,13H2,1H3. The van der Waals surface area contributed by atoms with Crippen LogP contribution in [0.25, 0.3) is 0 Å². The normalized spacial score (nSPS) is 32.5. The summed E-state index contributed by atoms with van der Waals surface area (Å²) in [6, 6.07) is -0.340. The fraction of sp³-hybridized carbons (Fsp3) is 0.889. The highest BCUT2D eigenvalue weighted by Gasteiger charge is 2.49. The summed E-state index contributed by atoms with van der Waals surface area (Å²) in [5.74, 6) is -3.56. The first-order chi connectivity index (χ1) is 6.86. The lowest BCUT2D eigenvalue weighted by atomic mass is 9.77. The average Bonchev–Trinajstić information content (AvgIpc) is 2.14. The van der Waals surface area contributed by atoms with Crippen molar-refractivity contribution in [3.8, 4) is 0 Å². The van der Waals surface area contributed by atoms with Gasteiger partial charge in [-0.3, -0.25) is 4.79 Å². The number of methoxy groups -OCH3 is 1. The van der Waals surface area contributed by atoms with Crippen LogP contribution in [0.4, 0.5) is 13.2 Å². The van der Waals surface area contributed by atoms with Crippen molar-refractivity contribution >= 4 is 5.97 Å². The molecule has 0 bridgehead atoms. The number of carbonyl (C=O) groups excluding carboxylic acids is 1. The fourth-order valence-corrected chi connectivity index (χ4v) is 2.01. The summed E-state index contributed by atoms with van der Waals surface area (Å²) in [5, 5.41) is 0. The predicted octanol–water partition coefficient (Wildman–Crippen LogP) is 1.47. The van der Waals surface area contributed by atoms with Crippen molar-refractivity contribution < 1.29 is 22.7 Å². The third-order valence-electron chi connectivity index (χ3n) is 2.82. The van der Waals surface area contributed by atoms with Gasteiger partial charge in [0, 0.05) is 6.04 Å².